The topological polar surface area (TPSA) is 58.2 Å². The first kappa shape index (κ1) is 14.2. The molecule has 0 aliphatic heterocycles. The fourth-order valence-electron chi connectivity index (χ4n) is 1.52. The van der Waals surface area contributed by atoms with Gasteiger partial charge < -0.3 is 0 Å². The third kappa shape index (κ3) is 3.42. The molecule has 2 aromatic carbocycles. The van der Waals surface area contributed by atoms with E-state index in [2.05, 4.69) is 26.8 Å². The fourth-order valence-corrected chi connectivity index (χ4v) is 1.85. The highest BCUT2D eigenvalue weighted by Crippen LogP contribution is 2.14. The van der Waals surface area contributed by atoms with Crippen molar-refractivity contribution in [3.63, 3.8) is 0 Å². The molecular formula is C14H10BrFN2O2. The van der Waals surface area contributed by atoms with Crippen molar-refractivity contribution in [2.75, 3.05) is 0 Å². The number of hydrogen-bond acceptors (Lipinski definition) is 2. The summed E-state index contributed by atoms with van der Waals surface area (Å²) in [5.74, 6) is -1.87. The van der Waals surface area contributed by atoms with E-state index >= 15 is 0 Å². The van der Waals surface area contributed by atoms with Crippen LogP contribution < -0.4 is 10.9 Å². The molecule has 2 amide bonds. The molecule has 4 nitrogen and oxygen atoms in total. The van der Waals surface area contributed by atoms with E-state index in [-0.39, 0.29) is 5.56 Å². The van der Waals surface area contributed by atoms with E-state index in [0.717, 1.165) is 0 Å². The van der Waals surface area contributed by atoms with Gasteiger partial charge in [-0.3, -0.25) is 20.4 Å². The van der Waals surface area contributed by atoms with Crippen molar-refractivity contribution < 1.29 is 14.0 Å². The van der Waals surface area contributed by atoms with E-state index < -0.39 is 17.6 Å². The molecule has 2 aromatic rings. The molecule has 2 rings (SSSR count). The maximum Gasteiger partial charge on any atom is 0.272 e. The van der Waals surface area contributed by atoms with Crippen molar-refractivity contribution in [1.82, 2.24) is 10.9 Å². The van der Waals surface area contributed by atoms with Gasteiger partial charge in [-0.15, -0.1) is 0 Å². The number of hydrazine groups is 1. The number of amides is 2. The Morgan fingerprint density at radius 2 is 1.60 bits per heavy atom. The van der Waals surface area contributed by atoms with Crippen LogP contribution in [0.15, 0.2) is 53.0 Å². The molecule has 0 atom stereocenters. The average molecular weight is 337 g/mol. The molecule has 20 heavy (non-hydrogen) atoms. The van der Waals surface area contributed by atoms with Crippen molar-refractivity contribution in [2.24, 2.45) is 0 Å². The van der Waals surface area contributed by atoms with Gasteiger partial charge >= 0.3 is 0 Å². The summed E-state index contributed by atoms with van der Waals surface area (Å²) in [6.07, 6.45) is 0. The first-order valence-corrected chi connectivity index (χ1v) is 6.48. The number of rotatable bonds is 2. The van der Waals surface area contributed by atoms with Gasteiger partial charge in [-0.25, -0.2) is 4.39 Å². The Morgan fingerprint density at radius 3 is 2.25 bits per heavy atom. The highest BCUT2D eigenvalue weighted by atomic mass is 79.9. The van der Waals surface area contributed by atoms with Gasteiger partial charge in [0.2, 0.25) is 0 Å². The molecule has 102 valence electrons. The predicted octanol–water partition coefficient (Wildman–Crippen LogP) is 2.66. The van der Waals surface area contributed by atoms with Gasteiger partial charge in [0, 0.05) is 10.0 Å². The summed E-state index contributed by atoms with van der Waals surface area (Å²) in [6.45, 7) is 0. The third-order valence-corrected chi connectivity index (χ3v) is 2.99. The van der Waals surface area contributed by atoms with Gasteiger partial charge in [0.1, 0.15) is 5.82 Å². The quantitative estimate of drug-likeness (QED) is 0.828. The van der Waals surface area contributed by atoms with Crippen LogP contribution in [-0.2, 0) is 0 Å². The number of benzene rings is 2. The molecule has 0 fully saturated rings. The third-order valence-electron chi connectivity index (χ3n) is 2.50. The Kier molecular flexibility index (Phi) is 4.47. The first-order chi connectivity index (χ1) is 9.58. The maximum absolute atomic E-state index is 13.5. The molecule has 0 bridgehead atoms. The van der Waals surface area contributed by atoms with Crippen molar-refractivity contribution in [3.8, 4) is 0 Å². The smallest absolute Gasteiger partial charge is 0.267 e. The highest BCUT2D eigenvalue weighted by molar-refractivity contribution is 9.10. The van der Waals surface area contributed by atoms with E-state index in [1.807, 2.05) is 0 Å². The second-order valence-electron chi connectivity index (χ2n) is 3.90. The molecule has 0 saturated heterocycles. The molecule has 0 saturated carbocycles. The maximum atomic E-state index is 13.5. The largest absolute Gasteiger partial charge is 0.272 e. The second-order valence-corrected chi connectivity index (χ2v) is 4.81. The van der Waals surface area contributed by atoms with E-state index in [1.165, 1.54) is 18.2 Å². The van der Waals surface area contributed by atoms with Gasteiger partial charge in [0.15, 0.2) is 0 Å². The summed E-state index contributed by atoms with van der Waals surface area (Å²) in [5.41, 5.74) is 4.63. The van der Waals surface area contributed by atoms with E-state index in [9.17, 15) is 14.0 Å². The lowest BCUT2D eigenvalue weighted by Gasteiger charge is -2.08. The Balaban J connectivity index is 2.00. The van der Waals surface area contributed by atoms with Gasteiger partial charge in [0.05, 0.1) is 5.56 Å². The van der Waals surface area contributed by atoms with Crippen LogP contribution in [0.25, 0.3) is 0 Å². The van der Waals surface area contributed by atoms with E-state index in [0.29, 0.717) is 10.0 Å². The lowest BCUT2D eigenvalue weighted by molar-refractivity contribution is 0.0844. The summed E-state index contributed by atoms with van der Waals surface area (Å²) in [7, 11) is 0. The highest BCUT2D eigenvalue weighted by Gasteiger charge is 2.13. The zero-order chi connectivity index (χ0) is 14.5. The monoisotopic (exact) mass is 336 g/mol. The van der Waals surface area contributed by atoms with Crippen LogP contribution in [0.1, 0.15) is 20.7 Å². The molecule has 0 radical (unpaired) electrons. The molecule has 0 aliphatic rings. The zero-order valence-corrected chi connectivity index (χ0v) is 11.8. The summed E-state index contributed by atoms with van der Waals surface area (Å²) < 4.78 is 14.1. The summed E-state index contributed by atoms with van der Waals surface area (Å²) >= 11 is 3.10. The number of halogens is 2. The molecule has 0 aromatic heterocycles. The number of hydrogen-bond donors (Lipinski definition) is 2. The Bertz CT molecular complexity index is 647. The van der Waals surface area contributed by atoms with E-state index in [4.69, 9.17) is 0 Å². The van der Waals surface area contributed by atoms with Crippen molar-refractivity contribution >= 4 is 27.7 Å². The molecule has 6 heteroatoms. The molecular weight excluding hydrogens is 327 g/mol. The van der Waals surface area contributed by atoms with Crippen LogP contribution in [0.3, 0.4) is 0 Å². The molecule has 2 N–H and O–H groups in total. The summed E-state index contributed by atoms with van der Waals surface area (Å²) in [4.78, 5) is 23.4. The van der Waals surface area contributed by atoms with Crippen LogP contribution in [0, 0.1) is 5.82 Å². The minimum absolute atomic E-state index is 0.151. The lowest BCUT2D eigenvalue weighted by Crippen LogP contribution is -2.41. The predicted molar refractivity (Wildman–Crippen MR) is 75.5 cm³/mol. The van der Waals surface area contributed by atoms with Crippen molar-refractivity contribution in [3.05, 3.63) is 69.9 Å². The zero-order valence-electron chi connectivity index (χ0n) is 10.2. The minimum atomic E-state index is -0.723. The van der Waals surface area contributed by atoms with Gasteiger partial charge in [-0.2, -0.15) is 0 Å². The van der Waals surface area contributed by atoms with Crippen molar-refractivity contribution in [1.29, 1.82) is 0 Å². The SMILES string of the molecule is O=C(NNC(=O)c1ccc(Br)cc1F)c1ccccc1. The Labute approximate surface area is 123 Å². The first-order valence-electron chi connectivity index (χ1n) is 5.68. The molecule has 0 unspecified atom stereocenters. The van der Waals surface area contributed by atoms with Crippen molar-refractivity contribution in [2.45, 2.75) is 0 Å². The molecule has 0 aliphatic carbocycles. The van der Waals surface area contributed by atoms with Gasteiger partial charge in [-0.1, -0.05) is 34.1 Å². The second kappa shape index (κ2) is 6.29. The summed E-state index contributed by atoms with van der Waals surface area (Å²) in [5, 5.41) is 0. The van der Waals surface area contributed by atoms with Crippen LogP contribution in [-0.4, -0.2) is 11.8 Å². The van der Waals surface area contributed by atoms with Crippen LogP contribution in [0.4, 0.5) is 4.39 Å². The van der Waals surface area contributed by atoms with Crippen LogP contribution in [0.5, 0.6) is 0 Å². The normalized spacial score (nSPS) is 9.90. The van der Waals surface area contributed by atoms with Crippen LogP contribution in [0.2, 0.25) is 0 Å². The minimum Gasteiger partial charge on any atom is -0.267 e. The number of nitrogens with one attached hydrogen (secondary N) is 2. The lowest BCUT2D eigenvalue weighted by atomic mass is 10.2. The van der Waals surface area contributed by atoms with Crippen LogP contribution >= 0.6 is 15.9 Å². The Hall–Kier alpha value is -2.21. The average Bonchev–Trinajstić information content (AvgIpc) is 2.45. The van der Waals surface area contributed by atoms with Gasteiger partial charge in [0.25, 0.3) is 11.8 Å². The molecule has 0 heterocycles. The summed E-state index contributed by atoms with van der Waals surface area (Å²) in [6, 6.07) is 12.4. The van der Waals surface area contributed by atoms with E-state index in [1.54, 1.807) is 30.3 Å². The number of carbonyl (C=O) groups excluding carboxylic acids is 2. The fraction of sp³-hybridized carbons (Fsp3) is 0. The van der Waals surface area contributed by atoms with Gasteiger partial charge in [-0.05, 0) is 30.3 Å². The number of carbonyl (C=O) groups is 2. The molecule has 0 spiro atoms. The standard InChI is InChI=1S/C14H10BrFN2O2/c15-10-6-7-11(12(16)8-10)14(20)18-17-13(19)9-4-2-1-3-5-9/h1-8H,(H,17,19)(H,18,20). The Morgan fingerprint density at radius 1 is 0.950 bits per heavy atom.